The molecule has 0 radical (unpaired) electrons. The lowest BCUT2D eigenvalue weighted by Gasteiger charge is -2.40. The highest BCUT2D eigenvalue weighted by Gasteiger charge is 2.54. The monoisotopic (exact) mass is 486 g/mol. The zero-order chi connectivity index (χ0) is 25.3. The van der Waals surface area contributed by atoms with Crippen molar-refractivity contribution in [2.45, 2.75) is 77.4 Å². The number of halogens is 2. The van der Waals surface area contributed by atoms with Crippen molar-refractivity contribution < 1.29 is 23.0 Å². The molecule has 0 aromatic heterocycles. The summed E-state index contributed by atoms with van der Waals surface area (Å²) in [5, 5.41) is 6.38. The standard InChI is InChI=1S/C25H44F2N4O3/c1-23(2,3)34-22(32)30(6)13-12-29(5)15-19-21(20-14-25(26,27)16-31(20)28-19)18-8-10-24(4,11-9-18)17-33-7/h18,20-21H,8-17H2,1-7H3. The van der Waals surface area contributed by atoms with E-state index in [4.69, 9.17) is 14.6 Å². The molecular formula is C25H44F2N4O3. The van der Waals surface area contributed by atoms with Crippen molar-refractivity contribution in [3.63, 3.8) is 0 Å². The first-order chi connectivity index (χ1) is 15.7. The first-order valence-corrected chi connectivity index (χ1v) is 12.6. The van der Waals surface area contributed by atoms with Gasteiger partial charge in [0.25, 0.3) is 5.92 Å². The number of carbonyl (C=O) groups is 1. The molecule has 196 valence electrons. The van der Waals surface area contributed by atoms with E-state index in [1.165, 1.54) is 0 Å². The van der Waals surface area contributed by atoms with Gasteiger partial charge in [-0.3, -0.25) is 9.91 Å². The molecule has 9 heteroatoms. The molecule has 2 heterocycles. The number of fused-ring (bicyclic) bond motifs is 1. The predicted octanol–water partition coefficient (Wildman–Crippen LogP) is 4.32. The van der Waals surface area contributed by atoms with E-state index in [1.54, 1.807) is 24.1 Å². The number of nitrogens with zero attached hydrogens (tertiary/aromatic N) is 4. The fourth-order valence-electron chi connectivity index (χ4n) is 5.73. The van der Waals surface area contributed by atoms with Crippen LogP contribution in [0.4, 0.5) is 13.6 Å². The molecular weight excluding hydrogens is 442 g/mol. The summed E-state index contributed by atoms with van der Waals surface area (Å²) in [6, 6.07) is -0.209. The van der Waals surface area contributed by atoms with Gasteiger partial charge in [0.05, 0.1) is 18.4 Å². The molecule has 1 saturated heterocycles. The van der Waals surface area contributed by atoms with E-state index < -0.39 is 11.5 Å². The van der Waals surface area contributed by atoms with Gasteiger partial charge in [0.15, 0.2) is 0 Å². The van der Waals surface area contributed by atoms with Crippen LogP contribution in [-0.2, 0) is 9.47 Å². The summed E-state index contributed by atoms with van der Waals surface area (Å²) >= 11 is 0. The summed E-state index contributed by atoms with van der Waals surface area (Å²) in [6.45, 7) is 10.1. The lowest BCUT2D eigenvalue weighted by atomic mass is 9.66. The molecule has 1 saturated carbocycles. The number of carbonyl (C=O) groups excluding carboxylic acids is 1. The molecule has 3 rings (SSSR count). The second kappa shape index (κ2) is 10.2. The zero-order valence-electron chi connectivity index (χ0n) is 22.1. The van der Waals surface area contributed by atoms with Crippen LogP contribution in [0, 0.1) is 17.3 Å². The predicted molar refractivity (Wildman–Crippen MR) is 129 cm³/mol. The smallest absolute Gasteiger partial charge is 0.410 e. The number of alkyl halides is 2. The normalized spacial score (nSPS) is 30.9. The van der Waals surface area contributed by atoms with E-state index in [-0.39, 0.29) is 36.4 Å². The highest BCUT2D eigenvalue weighted by Crippen LogP contribution is 2.48. The minimum absolute atomic E-state index is 0.0616. The van der Waals surface area contributed by atoms with E-state index in [1.807, 2.05) is 27.8 Å². The molecule has 2 aliphatic heterocycles. The molecule has 34 heavy (non-hydrogen) atoms. The number of methoxy groups -OCH3 is 1. The Morgan fingerprint density at radius 1 is 1.21 bits per heavy atom. The Hall–Kier alpha value is -1.48. The molecule has 0 bridgehead atoms. The molecule has 2 unspecified atom stereocenters. The van der Waals surface area contributed by atoms with E-state index in [0.717, 1.165) is 38.0 Å². The van der Waals surface area contributed by atoms with Gasteiger partial charge in [-0.1, -0.05) is 6.92 Å². The van der Waals surface area contributed by atoms with Gasteiger partial charge < -0.3 is 14.4 Å². The van der Waals surface area contributed by atoms with Gasteiger partial charge in [0.2, 0.25) is 0 Å². The lowest BCUT2D eigenvalue weighted by molar-refractivity contribution is 0.0106. The molecule has 2 fully saturated rings. The summed E-state index contributed by atoms with van der Waals surface area (Å²) in [5.74, 6) is -2.24. The van der Waals surface area contributed by atoms with Crippen molar-refractivity contribution in [2.75, 3.05) is 54.0 Å². The van der Waals surface area contributed by atoms with Gasteiger partial charge in [-0.25, -0.2) is 13.6 Å². The van der Waals surface area contributed by atoms with Crippen molar-refractivity contribution >= 4 is 11.8 Å². The summed E-state index contributed by atoms with van der Waals surface area (Å²) in [4.78, 5) is 15.9. The van der Waals surface area contributed by atoms with Crippen LogP contribution >= 0.6 is 0 Å². The van der Waals surface area contributed by atoms with E-state index in [9.17, 15) is 13.6 Å². The van der Waals surface area contributed by atoms with Gasteiger partial charge in [-0.05, 0) is 64.8 Å². The number of hydrogen-bond donors (Lipinski definition) is 0. The van der Waals surface area contributed by atoms with Crippen LogP contribution in [-0.4, -0.2) is 98.2 Å². The second-order valence-electron chi connectivity index (χ2n) is 12.1. The van der Waals surface area contributed by atoms with Crippen molar-refractivity contribution in [2.24, 2.45) is 22.4 Å². The lowest BCUT2D eigenvalue weighted by Crippen LogP contribution is -2.43. The fraction of sp³-hybridized carbons (Fsp3) is 0.920. The topological polar surface area (TPSA) is 57.6 Å². The first kappa shape index (κ1) is 27.1. The number of amides is 1. The van der Waals surface area contributed by atoms with Crippen LogP contribution < -0.4 is 0 Å². The van der Waals surface area contributed by atoms with Crippen molar-refractivity contribution in [3.8, 4) is 0 Å². The van der Waals surface area contributed by atoms with Crippen LogP contribution in [0.25, 0.3) is 0 Å². The molecule has 0 aromatic rings. The Kier molecular flexibility index (Phi) is 8.17. The van der Waals surface area contributed by atoms with Gasteiger partial charge >= 0.3 is 6.09 Å². The van der Waals surface area contributed by atoms with E-state index in [2.05, 4.69) is 11.8 Å². The number of ether oxygens (including phenoxy) is 2. The van der Waals surface area contributed by atoms with Gasteiger partial charge in [-0.2, -0.15) is 5.10 Å². The minimum atomic E-state index is -2.67. The zero-order valence-corrected chi connectivity index (χ0v) is 22.1. The number of hydrazone groups is 1. The Bertz CT molecular complexity index is 747. The molecule has 0 N–H and O–H groups in total. The molecule has 0 aromatic carbocycles. The van der Waals surface area contributed by atoms with Gasteiger partial charge in [0, 0.05) is 46.1 Å². The van der Waals surface area contributed by atoms with Crippen molar-refractivity contribution in [1.82, 2.24) is 14.8 Å². The Labute approximate surface area is 203 Å². The fourth-order valence-corrected chi connectivity index (χ4v) is 5.73. The van der Waals surface area contributed by atoms with Crippen LogP contribution in [0.5, 0.6) is 0 Å². The quantitative estimate of drug-likeness (QED) is 0.511. The molecule has 2 atom stereocenters. The van der Waals surface area contributed by atoms with Crippen molar-refractivity contribution in [3.05, 3.63) is 0 Å². The number of rotatable bonds is 8. The average molecular weight is 487 g/mol. The highest BCUT2D eigenvalue weighted by molar-refractivity contribution is 5.91. The third-order valence-corrected chi connectivity index (χ3v) is 7.53. The number of likely N-dealkylation sites (N-methyl/N-ethyl adjacent to an activating group) is 2. The molecule has 0 spiro atoms. The van der Waals surface area contributed by atoms with Gasteiger partial charge in [-0.15, -0.1) is 0 Å². The molecule has 1 amide bonds. The first-order valence-electron chi connectivity index (χ1n) is 12.6. The second-order valence-corrected chi connectivity index (χ2v) is 12.1. The average Bonchev–Trinajstić information content (AvgIpc) is 3.16. The van der Waals surface area contributed by atoms with E-state index in [0.29, 0.717) is 25.6 Å². The number of hydrogen-bond acceptors (Lipinski definition) is 6. The maximum absolute atomic E-state index is 14.2. The van der Waals surface area contributed by atoms with Crippen molar-refractivity contribution in [1.29, 1.82) is 0 Å². The van der Waals surface area contributed by atoms with Crippen LogP contribution in [0.3, 0.4) is 0 Å². The Morgan fingerprint density at radius 2 is 1.85 bits per heavy atom. The third kappa shape index (κ3) is 6.80. The molecule has 3 aliphatic rings. The van der Waals surface area contributed by atoms with E-state index >= 15 is 0 Å². The molecule has 1 aliphatic carbocycles. The highest BCUT2D eigenvalue weighted by atomic mass is 19.3. The SMILES string of the molecule is COCC1(C)CCC(C2C(CN(C)CCN(C)C(=O)OC(C)(C)C)=NN3CC(F)(F)CC23)CC1. The maximum atomic E-state index is 14.2. The summed E-state index contributed by atoms with van der Waals surface area (Å²) < 4.78 is 39.3. The Morgan fingerprint density at radius 3 is 2.44 bits per heavy atom. The summed E-state index contributed by atoms with van der Waals surface area (Å²) in [6.07, 6.45) is 3.68. The minimum Gasteiger partial charge on any atom is -0.444 e. The largest absolute Gasteiger partial charge is 0.444 e. The van der Waals surface area contributed by atoms with Gasteiger partial charge in [0.1, 0.15) is 12.1 Å². The summed E-state index contributed by atoms with van der Waals surface area (Å²) in [7, 11) is 5.47. The van der Waals surface area contributed by atoms with Crippen LogP contribution in [0.15, 0.2) is 5.10 Å². The Balaban J connectivity index is 1.62. The summed E-state index contributed by atoms with van der Waals surface area (Å²) in [5.41, 5.74) is 0.656. The van der Waals surface area contributed by atoms with Crippen LogP contribution in [0.2, 0.25) is 0 Å². The third-order valence-electron chi connectivity index (χ3n) is 7.53. The molecule has 7 nitrogen and oxygen atoms in total. The maximum Gasteiger partial charge on any atom is 0.410 e. The van der Waals surface area contributed by atoms with Crippen LogP contribution in [0.1, 0.15) is 59.8 Å².